The van der Waals surface area contributed by atoms with Crippen molar-refractivity contribution >= 4 is 27.5 Å². The van der Waals surface area contributed by atoms with Crippen LogP contribution in [0.15, 0.2) is 11.4 Å². The Balaban J connectivity index is 2.21. The number of hydrogen-bond acceptors (Lipinski definition) is 4. The van der Waals surface area contributed by atoms with Crippen molar-refractivity contribution in [3.63, 3.8) is 0 Å². The van der Waals surface area contributed by atoms with E-state index in [4.69, 9.17) is 11.6 Å². The maximum atomic E-state index is 12.1. The lowest BCUT2D eigenvalue weighted by atomic mass is 10.1. The molecule has 0 bridgehead atoms. The lowest BCUT2D eigenvalue weighted by Gasteiger charge is -2.14. The van der Waals surface area contributed by atoms with Gasteiger partial charge in [0.05, 0.1) is 6.33 Å². The first-order valence-electron chi connectivity index (χ1n) is 5.88. The van der Waals surface area contributed by atoms with Gasteiger partial charge < -0.3 is 9.88 Å². The van der Waals surface area contributed by atoms with Crippen LogP contribution in [0.5, 0.6) is 0 Å². The summed E-state index contributed by atoms with van der Waals surface area (Å²) in [6.07, 6.45) is 3.40. The van der Waals surface area contributed by atoms with Crippen molar-refractivity contribution in [2.75, 3.05) is 6.54 Å². The van der Waals surface area contributed by atoms with Crippen LogP contribution in [-0.2, 0) is 21.9 Å². The van der Waals surface area contributed by atoms with Gasteiger partial charge in [-0.2, -0.15) is 4.72 Å². The van der Waals surface area contributed by atoms with Crippen molar-refractivity contribution in [2.45, 2.75) is 30.3 Å². The highest BCUT2D eigenvalue weighted by molar-refractivity contribution is 7.89. The Kier molecular flexibility index (Phi) is 4.12. The van der Waals surface area contributed by atoms with E-state index in [2.05, 4.69) is 15.0 Å². The highest BCUT2D eigenvalue weighted by Gasteiger charge is 2.29. The Labute approximate surface area is 116 Å². The molecule has 2 rings (SSSR count). The number of halogens is 1. The van der Waals surface area contributed by atoms with Gasteiger partial charge in [0.15, 0.2) is 0 Å². The van der Waals surface area contributed by atoms with Crippen molar-refractivity contribution in [2.24, 2.45) is 7.05 Å². The fourth-order valence-electron chi connectivity index (χ4n) is 1.87. The molecule has 0 saturated carbocycles. The predicted octanol–water partition coefficient (Wildman–Crippen LogP) is 0.0205. The third-order valence-corrected chi connectivity index (χ3v) is 4.88. The van der Waals surface area contributed by atoms with Gasteiger partial charge >= 0.3 is 0 Å². The van der Waals surface area contributed by atoms with Gasteiger partial charge in [0.2, 0.25) is 10.9 Å². The fourth-order valence-corrected chi connectivity index (χ4v) is 3.53. The minimum Gasteiger partial charge on any atom is -0.355 e. The van der Waals surface area contributed by atoms with Gasteiger partial charge in [-0.25, -0.2) is 13.4 Å². The summed E-state index contributed by atoms with van der Waals surface area (Å²) in [5, 5.41) is 2.42. The summed E-state index contributed by atoms with van der Waals surface area (Å²) in [7, 11) is -2.30. The van der Waals surface area contributed by atoms with Crippen LogP contribution in [0, 0.1) is 0 Å². The maximum absolute atomic E-state index is 12.1. The third kappa shape index (κ3) is 3.07. The number of nitrogens with one attached hydrogen (secondary N) is 2. The van der Waals surface area contributed by atoms with Crippen LogP contribution in [-0.4, -0.2) is 36.5 Å². The van der Waals surface area contributed by atoms with Crippen LogP contribution in [0.3, 0.4) is 0 Å². The molecule has 0 aromatic carbocycles. The molecule has 1 atom stereocenters. The summed E-state index contributed by atoms with van der Waals surface area (Å²) in [4.78, 5) is 15.5. The molecule has 1 fully saturated rings. The summed E-state index contributed by atoms with van der Waals surface area (Å²) < 4.78 is 28.0. The van der Waals surface area contributed by atoms with Gasteiger partial charge in [0, 0.05) is 13.6 Å². The van der Waals surface area contributed by atoms with Gasteiger partial charge in [-0.3, -0.25) is 4.79 Å². The summed E-state index contributed by atoms with van der Waals surface area (Å²) in [6, 6.07) is -0.773. The second kappa shape index (κ2) is 5.48. The largest absolute Gasteiger partial charge is 0.355 e. The van der Waals surface area contributed by atoms with Crippen molar-refractivity contribution in [3.05, 3.63) is 11.5 Å². The Bertz CT molecular complexity index is 584. The van der Waals surface area contributed by atoms with Gasteiger partial charge in [-0.05, 0) is 19.3 Å². The molecule has 0 radical (unpaired) electrons. The minimum absolute atomic E-state index is 0.0153. The number of nitrogens with zero attached hydrogens (tertiary/aromatic N) is 2. The van der Waals surface area contributed by atoms with E-state index >= 15 is 0 Å². The zero-order valence-corrected chi connectivity index (χ0v) is 12.0. The van der Waals surface area contributed by atoms with Crippen LogP contribution in [0.25, 0.3) is 0 Å². The molecule has 1 aromatic heterocycles. The van der Waals surface area contributed by atoms with E-state index in [1.807, 2.05) is 0 Å². The Morgan fingerprint density at radius 3 is 2.89 bits per heavy atom. The van der Waals surface area contributed by atoms with E-state index in [1.54, 1.807) is 7.05 Å². The second-order valence-electron chi connectivity index (χ2n) is 4.41. The van der Waals surface area contributed by atoms with E-state index in [1.165, 1.54) is 10.9 Å². The normalized spacial score (nSPS) is 20.9. The molecule has 1 amide bonds. The van der Waals surface area contributed by atoms with Crippen LogP contribution < -0.4 is 10.0 Å². The van der Waals surface area contributed by atoms with Crippen LogP contribution >= 0.6 is 11.6 Å². The first kappa shape index (κ1) is 14.3. The Morgan fingerprint density at radius 1 is 1.53 bits per heavy atom. The minimum atomic E-state index is -3.89. The average molecular weight is 307 g/mol. The number of carbonyl (C=O) groups is 1. The number of imidazole rings is 1. The van der Waals surface area contributed by atoms with Gasteiger partial charge in [-0.15, -0.1) is 0 Å². The molecule has 2 heterocycles. The SMILES string of the molecule is Cn1cnc(S(=O)(=O)NC2CCCCNC2=O)c1Cl. The lowest BCUT2D eigenvalue weighted by Crippen LogP contribution is -2.45. The van der Waals surface area contributed by atoms with Gasteiger partial charge in [-0.1, -0.05) is 11.6 Å². The topological polar surface area (TPSA) is 93.1 Å². The molecule has 1 aliphatic rings. The lowest BCUT2D eigenvalue weighted by molar-refractivity contribution is -0.122. The summed E-state index contributed by atoms with van der Waals surface area (Å²) in [5.41, 5.74) is 0. The molecule has 1 aliphatic heterocycles. The first-order chi connectivity index (χ1) is 8.92. The molecule has 9 heteroatoms. The Hall–Kier alpha value is -1.12. The van der Waals surface area contributed by atoms with E-state index in [0.29, 0.717) is 13.0 Å². The molecular weight excluding hydrogens is 292 g/mol. The molecule has 1 saturated heterocycles. The second-order valence-corrected chi connectivity index (χ2v) is 6.40. The summed E-state index contributed by atoms with van der Waals surface area (Å²) >= 11 is 5.86. The molecule has 7 nitrogen and oxygen atoms in total. The third-order valence-electron chi connectivity index (χ3n) is 2.92. The van der Waals surface area contributed by atoms with E-state index in [0.717, 1.165) is 12.8 Å². The number of aromatic nitrogens is 2. The number of carbonyl (C=O) groups excluding carboxylic acids is 1. The summed E-state index contributed by atoms with van der Waals surface area (Å²) in [5.74, 6) is -0.312. The zero-order valence-electron chi connectivity index (χ0n) is 10.4. The predicted molar refractivity (Wildman–Crippen MR) is 69.2 cm³/mol. The van der Waals surface area contributed by atoms with Crippen LogP contribution in [0.1, 0.15) is 19.3 Å². The van der Waals surface area contributed by atoms with E-state index in [-0.39, 0.29) is 16.1 Å². The first-order valence-corrected chi connectivity index (χ1v) is 7.75. The van der Waals surface area contributed by atoms with Crippen molar-refractivity contribution < 1.29 is 13.2 Å². The fraction of sp³-hybridized carbons (Fsp3) is 0.600. The quantitative estimate of drug-likeness (QED) is 0.823. The van der Waals surface area contributed by atoms with Crippen molar-refractivity contribution in [1.82, 2.24) is 19.6 Å². The van der Waals surface area contributed by atoms with Crippen molar-refractivity contribution in [1.29, 1.82) is 0 Å². The maximum Gasteiger partial charge on any atom is 0.261 e. The molecule has 1 aromatic rings. The molecule has 2 N–H and O–H groups in total. The van der Waals surface area contributed by atoms with Crippen LogP contribution in [0.2, 0.25) is 5.15 Å². The number of hydrogen-bond donors (Lipinski definition) is 2. The van der Waals surface area contributed by atoms with Crippen molar-refractivity contribution in [3.8, 4) is 0 Å². The summed E-state index contributed by atoms with van der Waals surface area (Å²) in [6.45, 7) is 0.571. The molecule has 0 spiro atoms. The highest BCUT2D eigenvalue weighted by atomic mass is 35.5. The average Bonchev–Trinajstić information content (AvgIpc) is 2.56. The number of aryl methyl sites for hydroxylation is 1. The molecule has 0 aliphatic carbocycles. The monoisotopic (exact) mass is 306 g/mol. The molecule has 1 unspecified atom stereocenters. The highest BCUT2D eigenvalue weighted by Crippen LogP contribution is 2.19. The number of rotatable bonds is 3. The van der Waals surface area contributed by atoms with E-state index < -0.39 is 16.1 Å². The number of amides is 1. The smallest absolute Gasteiger partial charge is 0.261 e. The molecule has 19 heavy (non-hydrogen) atoms. The van der Waals surface area contributed by atoms with Gasteiger partial charge in [0.25, 0.3) is 10.0 Å². The van der Waals surface area contributed by atoms with E-state index in [9.17, 15) is 13.2 Å². The van der Waals surface area contributed by atoms with Crippen LogP contribution in [0.4, 0.5) is 0 Å². The standard InChI is InChI=1S/C10H15ClN4O3S/c1-15-6-13-10(8(15)11)19(17,18)14-7-4-2-3-5-12-9(7)16/h6-7,14H,2-5H2,1H3,(H,12,16). The zero-order chi connectivity index (χ0) is 14.0. The number of sulfonamides is 1. The van der Waals surface area contributed by atoms with Gasteiger partial charge in [0.1, 0.15) is 11.2 Å². The molecular formula is C10H15ClN4O3S. The molecule has 106 valence electrons. The Morgan fingerprint density at radius 2 is 2.26 bits per heavy atom.